The number of carbonyl (C=O) groups excluding carboxylic acids is 2. The van der Waals surface area contributed by atoms with Gasteiger partial charge < -0.3 is 19.0 Å². The van der Waals surface area contributed by atoms with Crippen molar-refractivity contribution < 1.29 is 23.1 Å². The summed E-state index contributed by atoms with van der Waals surface area (Å²) in [7, 11) is 0. The van der Waals surface area contributed by atoms with E-state index in [2.05, 4.69) is 0 Å². The Balaban J connectivity index is 1.49. The Morgan fingerprint density at radius 1 is 0.939 bits per heavy atom. The molecule has 178 valence electrons. The van der Waals surface area contributed by atoms with Crippen LogP contribution in [0.2, 0.25) is 0 Å². The monoisotopic (exact) mass is 456 g/mol. The van der Waals surface area contributed by atoms with Crippen LogP contribution >= 0.6 is 0 Å². The number of furan rings is 1. The summed E-state index contributed by atoms with van der Waals surface area (Å²) < 4.78 is 24.6. The lowest BCUT2D eigenvalue weighted by molar-refractivity contribution is -0.145. The molecule has 6 nitrogen and oxygen atoms in total. The molecular formula is C26H33FN2O4. The van der Waals surface area contributed by atoms with Gasteiger partial charge in [-0.3, -0.25) is 9.59 Å². The molecule has 2 aliphatic rings. The van der Waals surface area contributed by atoms with Crippen LogP contribution in [0.4, 0.5) is 4.39 Å². The van der Waals surface area contributed by atoms with Crippen LogP contribution < -0.4 is 0 Å². The Bertz CT molecular complexity index is 888. The summed E-state index contributed by atoms with van der Waals surface area (Å²) in [6.45, 7) is 1.77. The lowest BCUT2D eigenvalue weighted by atomic mass is 9.88. The number of benzene rings is 1. The normalized spacial score (nSPS) is 18.9. The van der Waals surface area contributed by atoms with Gasteiger partial charge in [0.25, 0.3) is 0 Å². The van der Waals surface area contributed by atoms with Gasteiger partial charge in [-0.25, -0.2) is 4.39 Å². The van der Waals surface area contributed by atoms with Gasteiger partial charge in [0.1, 0.15) is 11.6 Å². The van der Waals surface area contributed by atoms with Crippen LogP contribution in [-0.4, -0.2) is 47.4 Å². The molecule has 0 N–H and O–H groups in total. The second-order valence-corrected chi connectivity index (χ2v) is 9.14. The van der Waals surface area contributed by atoms with E-state index in [0.717, 1.165) is 44.1 Å². The van der Waals surface area contributed by atoms with Crippen LogP contribution in [0.1, 0.15) is 56.3 Å². The minimum atomic E-state index is -0.316. The summed E-state index contributed by atoms with van der Waals surface area (Å²) in [6.07, 6.45) is 8.53. The van der Waals surface area contributed by atoms with Crippen LogP contribution in [0.15, 0.2) is 47.1 Å². The summed E-state index contributed by atoms with van der Waals surface area (Å²) in [6, 6.07) is 9.74. The molecule has 0 spiro atoms. The lowest BCUT2D eigenvalue weighted by Crippen LogP contribution is -2.47. The van der Waals surface area contributed by atoms with Gasteiger partial charge in [-0.1, -0.05) is 31.4 Å². The fourth-order valence-corrected chi connectivity index (χ4v) is 4.77. The predicted molar refractivity (Wildman–Crippen MR) is 121 cm³/mol. The van der Waals surface area contributed by atoms with Crippen LogP contribution in [0, 0.1) is 11.7 Å². The van der Waals surface area contributed by atoms with Gasteiger partial charge in [0, 0.05) is 25.6 Å². The smallest absolute Gasteiger partial charge is 0.242 e. The molecule has 1 saturated heterocycles. The molecule has 0 radical (unpaired) electrons. The molecule has 7 heteroatoms. The zero-order valence-corrected chi connectivity index (χ0v) is 19.1. The Morgan fingerprint density at radius 3 is 2.39 bits per heavy atom. The first-order chi connectivity index (χ1) is 16.1. The molecule has 2 amide bonds. The van der Waals surface area contributed by atoms with Crippen molar-refractivity contribution in [1.29, 1.82) is 0 Å². The maximum atomic E-state index is 13.5. The topological polar surface area (TPSA) is 63.0 Å². The average molecular weight is 457 g/mol. The van der Waals surface area contributed by atoms with E-state index in [1.807, 2.05) is 6.07 Å². The predicted octanol–water partition coefficient (Wildman–Crippen LogP) is 4.54. The SMILES string of the molecule is O=C(CN(CC1CCCO1)C(=O)C1CCCCC1)N(Cc1ccc(F)cc1)Cc1ccco1. The molecule has 1 unspecified atom stereocenters. The fourth-order valence-electron chi connectivity index (χ4n) is 4.77. The fraction of sp³-hybridized carbons (Fsp3) is 0.538. The Morgan fingerprint density at radius 2 is 1.73 bits per heavy atom. The van der Waals surface area contributed by atoms with Crippen molar-refractivity contribution in [2.45, 2.75) is 64.1 Å². The first-order valence-electron chi connectivity index (χ1n) is 12.0. The average Bonchev–Trinajstić information content (AvgIpc) is 3.54. The number of nitrogens with zero attached hydrogens (tertiary/aromatic N) is 2. The highest BCUT2D eigenvalue weighted by atomic mass is 19.1. The number of hydrogen-bond donors (Lipinski definition) is 0. The van der Waals surface area contributed by atoms with E-state index >= 15 is 0 Å². The summed E-state index contributed by atoms with van der Waals surface area (Å²) in [4.78, 5) is 30.3. The number of ether oxygens (including phenoxy) is 1. The Kier molecular flexibility index (Phi) is 8.15. The maximum Gasteiger partial charge on any atom is 0.242 e. The van der Waals surface area contributed by atoms with Crippen LogP contribution in [-0.2, 0) is 27.4 Å². The molecule has 1 atom stereocenters. The largest absolute Gasteiger partial charge is 0.467 e. The zero-order valence-electron chi connectivity index (χ0n) is 19.1. The molecule has 1 aromatic carbocycles. The highest BCUT2D eigenvalue weighted by molar-refractivity contribution is 5.86. The molecule has 4 rings (SSSR count). The minimum absolute atomic E-state index is 0.0106. The highest BCUT2D eigenvalue weighted by Gasteiger charge is 2.31. The first kappa shape index (κ1) is 23.5. The summed E-state index contributed by atoms with van der Waals surface area (Å²) in [5.41, 5.74) is 0.820. The zero-order chi connectivity index (χ0) is 23.0. The van der Waals surface area contributed by atoms with Crippen molar-refractivity contribution >= 4 is 11.8 Å². The molecule has 33 heavy (non-hydrogen) atoms. The van der Waals surface area contributed by atoms with E-state index in [4.69, 9.17) is 9.15 Å². The standard InChI is InChI=1S/C26H33FN2O4/c27-22-12-10-20(11-13-22)16-28(17-23-8-4-14-32-23)25(30)19-29(18-24-9-5-15-33-24)26(31)21-6-2-1-3-7-21/h4,8,10-14,21,24H,1-3,5-7,9,15-19H2. The first-order valence-corrected chi connectivity index (χ1v) is 12.0. The quantitative estimate of drug-likeness (QED) is 0.556. The minimum Gasteiger partial charge on any atom is -0.467 e. The Hall–Kier alpha value is -2.67. The van der Waals surface area contributed by atoms with Crippen molar-refractivity contribution in [3.8, 4) is 0 Å². The van der Waals surface area contributed by atoms with Gasteiger partial charge >= 0.3 is 0 Å². The van der Waals surface area contributed by atoms with Crippen LogP contribution in [0.25, 0.3) is 0 Å². The van der Waals surface area contributed by atoms with Gasteiger partial charge in [-0.05, 0) is 55.5 Å². The van der Waals surface area contributed by atoms with E-state index in [1.54, 1.807) is 34.3 Å². The van der Waals surface area contributed by atoms with Gasteiger partial charge in [0.2, 0.25) is 11.8 Å². The van der Waals surface area contributed by atoms with E-state index in [0.29, 0.717) is 25.5 Å². The van der Waals surface area contributed by atoms with Gasteiger partial charge in [0.05, 0.1) is 25.5 Å². The van der Waals surface area contributed by atoms with Gasteiger partial charge in [0.15, 0.2) is 0 Å². The molecule has 1 aliphatic heterocycles. The number of amides is 2. The number of carbonyl (C=O) groups is 2. The molecule has 2 fully saturated rings. The maximum absolute atomic E-state index is 13.5. The van der Waals surface area contributed by atoms with Gasteiger partial charge in [-0.2, -0.15) is 0 Å². The molecule has 1 saturated carbocycles. The molecular weight excluding hydrogens is 423 g/mol. The van der Waals surface area contributed by atoms with E-state index < -0.39 is 0 Å². The summed E-state index contributed by atoms with van der Waals surface area (Å²) in [5, 5.41) is 0. The van der Waals surface area contributed by atoms with E-state index in [1.165, 1.54) is 18.6 Å². The Labute approximate surface area is 194 Å². The molecule has 0 bridgehead atoms. The molecule has 1 aromatic heterocycles. The number of rotatable bonds is 9. The van der Waals surface area contributed by atoms with Gasteiger partial charge in [-0.15, -0.1) is 0 Å². The van der Waals surface area contributed by atoms with Crippen molar-refractivity contribution in [2.75, 3.05) is 19.7 Å². The van der Waals surface area contributed by atoms with E-state index in [9.17, 15) is 14.0 Å². The number of hydrogen-bond acceptors (Lipinski definition) is 4. The van der Waals surface area contributed by atoms with E-state index in [-0.39, 0.29) is 42.7 Å². The lowest BCUT2D eigenvalue weighted by Gasteiger charge is -2.32. The second-order valence-electron chi connectivity index (χ2n) is 9.14. The summed E-state index contributed by atoms with van der Waals surface area (Å²) >= 11 is 0. The number of halogens is 1. The van der Waals surface area contributed by atoms with Crippen LogP contribution in [0.5, 0.6) is 0 Å². The third-order valence-corrected chi connectivity index (χ3v) is 6.61. The van der Waals surface area contributed by atoms with Crippen molar-refractivity contribution in [2.24, 2.45) is 5.92 Å². The second kappa shape index (κ2) is 11.5. The molecule has 2 heterocycles. The molecule has 1 aliphatic carbocycles. The third kappa shape index (κ3) is 6.67. The van der Waals surface area contributed by atoms with Crippen molar-refractivity contribution in [3.05, 3.63) is 59.8 Å². The highest BCUT2D eigenvalue weighted by Crippen LogP contribution is 2.26. The summed E-state index contributed by atoms with van der Waals surface area (Å²) in [5.74, 6) is 0.248. The third-order valence-electron chi connectivity index (χ3n) is 6.61. The molecule has 2 aromatic rings. The van der Waals surface area contributed by atoms with Crippen molar-refractivity contribution in [1.82, 2.24) is 9.80 Å². The van der Waals surface area contributed by atoms with Crippen molar-refractivity contribution in [3.63, 3.8) is 0 Å². The van der Waals surface area contributed by atoms with Crippen LogP contribution in [0.3, 0.4) is 0 Å².